The highest BCUT2D eigenvalue weighted by molar-refractivity contribution is 5.69. The highest BCUT2D eigenvalue weighted by atomic mass is 19.1. The Balaban J connectivity index is 1.99. The summed E-state index contributed by atoms with van der Waals surface area (Å²) in [4.78, 5) is 21.6. The molecule has 114 valence electrons. The Bertz CT molecular complexity index is 567. The first-order valence-corrected chi connectivity index (χ1v) is 6.55. The quantitative estimate of drug-likeness (QED) is 0.686. The lowest BCUT2D eigenvalue weighted by Gasteiger charge is -2.20. The van der Waals surface area contributed by atoms with Gasteiger partial charge in [-0.2, -0.15) is 0 Å². The van der Waals surface area contributed by atoms with Crippen LogP contribution in [0.1, 0.15) is 32.8 Å². The van der Waals surface area contributed by atoms with E-state index in [0.29, 0.717) is 5.56 Å². The lowest BCUT2D eigenvalue weighted by molar-refractivity contribution is -0.384. The van der Waals surface area contributed by atoms with Gasteiger partial charge in [-0.3, -0.25) is 10.1 Å². The van der Waals surface area contributed by atoms with Gasteiger partial charge in [-0.25, -0.2) is 9.18 Å². The topological polar surface area (TPSA) is 81.5 Å². The van der Waals surface area contributed by atoms with Gasteiger partial charge in [-0.05, 0) is 38.5 Å². The highest BCUT2D eigenvalue weighted by Gasteiger charge is 2.58. The summed E-state index contributed by atoms with van der Waals surface area (Å²) in [7, 11) is 0. The van der Waals surface area contributed by atoms with Crippen LogP contribution in [0.5, 0.6) is 0 Å². The molecule has 2 rings (SSSR count). The number of nitrogens with one attached hydrogen (secondary N) is 1. The van der Waals surface area contributed by atoms with Crippen LogP contribution < -0.4 is 5.32 Å². The standard InChI is InChI=1S/C14H17FN2O4/c1-13(2,3)21-12(18)16-11-8-14(11,15)9-4-6-10(7-5-9)17(19)20/h4-7,11H,8H2,1-3H3,(H,16,18)/t11-,14-/m0/s1. The molecule has 0 aliphatic heterocycles. The van der Waals surface area contributed by atoms with Crippen molar-refractivity contribution in [3.63, 3.8) is 0 Å². The van der Waals surface area contributed by atoms with Crippen LogP contribution in [-0.2, 0) is 10.4 Å². The first-order chi connectivity index (χ1) is 9.62. The van der Waals surface area contributed by atoms with Crippen LogP contribution in [0.15, 0.2) is 24.3 Å². The van der Waals surface area contributed by atoms with E-state index in [9.17, 15) is 19.3 Å². The minimum absolute atomic E-state index is 0.0975. The summed E-state index contributed by atoms with van der Waals surface area (Å²) in [5.74, 6) is 0. The van der Waals surface area contributed by atoms with Crippen LogP contribution in [0.4, 0.5) is 14.9 Å². The Kier molecular flexibility index (Phi) is 3.61. The zero-order valence-corrected chi connectivity index (χ0v) is 12.1. The van der Waals surface area contributed by atoms with E-state index in [2.05, 4.69) is 5.32 Å². The second kappa shape index (κ2) is 4.98. The molecule has 7 heteroatoms. The van der Waals surface area contributed by atoms with Gasteiger partial charge in [-0.1, -0.05) is 0 Å². The Labute approximate surface area is 121 Å². The molecule has 1 aliphatic rings. The fourth-order valence-electron chi connectivity index (χ4n) is 2.03. The number of non-ortho nitro benzene ring substituents is 1. The average molecular weight is 296 g/mol. The molecule has 2 atom stereocenters. The van der Waals surface area contributed by atoms with Gasteiger partial charge >= 0.3 is 6.09 Å². The average Bonchev–Trinajstić information content (AvgIpc) is 2.98. The second-order valence-corrected chi connectivity index (χ2v) is 6.07. The van der Waals surface area contributed by atoms with Crippen molar-refractivity contribution in [2.24, 2.45) is 0 Å². The van der Waals surface area contributed by atoms with Crippen LogP contribution >= 0.6 is 0 Å². The van der Waals surface area contributed by atoms with Crippen molar-refractivity contribution < 1.29 is 18.8 Å². The number of ether oxygens (including phenoxy) is 1. The molecule has 1 aliphatic carbocycles. The van der Waals surface area contributed by atoms with Crippen molar-refractivity contribution in [3.05, 3.63) is 39.9 Å². The maximum atomic E-state index is 14.6. The predicted molar refractivity (Wildman–Crippen MR) is 73.7 cm³/mol. The van der Waals surface area contributed by atoms with Crippen molar-refractivity contribution >= 4 is 11.8 Å². The van der Waals surface area contributed by atoms with E-state index >= 15 is 0 Å². The number of alkyl carbamates (subject to hydrolysis) is 1. The third-order valence-corrected chi connectivity index (χ3v) is 3.14. The maximum absolute atomic E-state index is 14.6. The number of carbonyl (C=O) groups excluding carboxylic acids is 1. The molecule has 1 saturated carbocycles. The lowest BCUT2D eigenvalue weighted by atomic mass is 10.1. The van der Waals surface area contributed by atoms with E-state index in [1.807, 2.05) is 0 Å². The fraction of sp³-hybridized carbons (Fsp3) is 0.500. The van der Waals surface area contributed by atoms with Gasteiger partial charge < -0.3 is 10.1 Å². The van der Waals surface area contributed by atoms with Gasteiger partial charge in [0.05, 0.1) is 11.0 Å². The van der Waals surface area contributed by atoms with Crippen molar-refractivity contribution in [2.75, 3.05) is 0 Å². The van der Waals surface area contributed by atoms with Crippen LogP contribution in [0.2, 0.25) is 0 Å². The van der Waals surface area contributed by atoms with E-state index in [-0.39, 0.29) is 12.1 Å². The number of nitro benzene ring substituents is 1. The van der Waals surface area contributed by atoms with E-state index in [1.54, 1.807) is 20.8 Å². The van der Waals surface area contributed by atoms with Gasteiger partial charge in [0, 0.05) is 18.6 Å². The molecular weight excluding hydrogens is 279 g/mol. The summed E-state index contributed by atoms with van der Waals surface area (Å²) in [6, 6.07) is 4.57. The summed E-state index contributed by atoms with van der Waals surface area (Å²) in [6.45, 7) is 5.16. The summed E-state index contributed by atoms with van der Waals surface area (Å²) >= 11 is 0. The SMILES string of the molecule is CC(C)(C)OC(=O)N[C@H]1C[C@]1(F)c1ccc([N+](=O)[O-])cc1. The number of hydrogen-bond donors (Lipinski definition) is 1. The number of rotatable bonds is 3. The highest BCUT2D eigenvalue weighted by Crippen LogP contribution is 2.50. The molecule has 1 fully saturated rings. The summed E-state index contributed by atoms with van der Waals surface area (Å²) < 4.78 is 19.6. The van der Waals surface area contributed by atoms with Gasteiger partial charge in [0.25, 0.3) is 5.69 Å². The Morgan fingerprint density at radius 1 is 1.43 bits per heavy atom. The smallest absolute Gasteiger partial charge is 0.407 e. The molecule has 0 saturated heterocycles. The van der Waals surface area contributed by atoms with Crippen LogP contribution in [0.25, 0.3) is 0 Å². The number of nitrogens with zero attached hydrogens (tertiary/aromatic N) is 1. The third-order valence-electron chi connectivity index (χ3n) is 3.14. The van der Waals surface area contributed by atoms with Gasteiger partial charge in [0.1, 0.15) is 5.60 Å². The second-order valence-electron chi connectivity index (χ2n) is 6.07. The molecule has 1 aromatic rings. The van der Waals surface area contributed by atoms with Crippen LogP contribution in [-0.4, -0.2) is 22.7 Å². The van der Waals surface area contributed by atoms with Gasteiger partial charge in [-0.15, -0.1) is 0 Å². The minimum atomic E-state index is -1.69. The molecule has 6 nitrogen and oxygen atoms in total. The van der Waals surface area contributed by atoms with Gasteiger partial charge in [0.15, 0.2) is 5.67 Å². The molecule has 0 radical (unpaired) electrons. The molecule has 0 heterocycles. The predicted octanol–water partition coefficient (Wildman–Crippen LogP) is 3.06. The maximum Gasteiger partial charge on any atom is 0.407 e. The molecule has 0 bridgehead atoms. The first-order valence-electron chi connectivity index (χ1n) is 6.55. The number of alkyl halides is 1. The molecule has 1 amide bonds. The Morgan fingerprint density at radius 2 is 2.00 bits per heavy atom. The number of nitro groups is 1. The molecule has 1 aromatic carbocycles. The minimum Gasteiger partial charge on any atom is -0.444 e. The van der Waals surface area contributed by atoms with Crippen molar-refractivity contribution in [3.8, 4) is 0 Å². The monoisotopic (exact) mass is 296 g/mol. The zero-order valence-electron chi connectivity index (χ0n) is 12.1. The van der Waals surface area contributed by atoms with Crippen molar-refractivity contribution in [1.29, 1.82) is 0 Å². The van der Waals surface area contributed by atoms with Crippen LogP contribution in [0.3, 0.4) is 0 Å². The number of benzene rings is 1. The number of hydrogen-bond acceptors (Lipinski definition) is 4. The number of carbonyl (C=O) groups is 1. The molecular formula is C14H17FN2O4. The molecule has 0 aromatic heterocycles. The fourth-order valence-corrected chi connectivity index (χ4v) is 2.03. The molecule has 0 spiro atoms. The molecule has 21 heavy (non-hydrogen) atoms. The first kappa shape index (κ1) is 15.2. The third kappa shape index (κ3) is 3.48. The largest absolute Gasteiger partial charge is 0.444 e. The summed E-state index contributed by atoms with van der Waals surface area (Å²) in [6.07, 6.45) is -0.543. The lowest BCUT2D eigenvalue weighted by Crippen LogP contribution is -2.35. The van der Waals surface area contributed by atoms with Crippen LogP contribution in [0, 0.1) is 10.1 Å². The number of halogens is 1. The zero-order chi connectivity index (χ0) is 15.8. The van der Waals surface area contributed by atoms with Gasteiger partial charge in [0.2, 0.25) is 0 Å². The Hall–Kier alpha value is -2.18. The van der Waals surface area contributed by atoms with E-state index in [1.165, 1.54) is 24.3 Å². The van der Waals surface area contributed by atoms with Crippen molar-refractivity contribution in [2.45, 2.75) is 44.5 Å². The summed E-state index contributed by atoms with van der Waals surface area (Å²) in [5.41, 5.74) is -2.12. The van der Waals surface area contributed by atoms with E-state index < -0.39 is 28.3 Å². The Morgan fingerprint density at radius 3 is 2.48 bits per heavy atom. The van der Waals surface area contributed by atoms with E-state index in [4.69, 9.17) is 4.74 Å². The van der Waals surface area contributed by atoms with Crippen molar-refractivity contribution in [1.82, 2.24) is 5.32 Å². The van der Waals surface area contributed by atoms with E-state index in [0.717, 1.165) is 0 Å². The molecule has 1 N–H and O–H groups in total. The summed E-state index contributed by atoms with van der Waals surface area (Å²) in [5, 5.41) is 13.0. The molecule has 0 unspecified atom stereocenters. The number of amides is 1. The normalized spacial score (nSPS) is 24.3.